The summed E-state index contributed by atoms with van der Waals surface area (Å²) in [5, 5.41) is 8.89. The van der Waals surface area contributed by atoms with Crippen molar-refractivity contribution in [3.8, 4) is 0 Å². The molecule has 0 saturated heterocycles. The van der Waals surface area contributed by atoms with Crippen molar-refractivity contribution in [3.63, 3.8) is 0 Å². The number of carboxylic acid groups (broad SMARTS) is 1. The normalized spacial score (nSPS) is 16.3. The van der Waals surface area contributed by atoms with E-state index in [9.17, 15) is 4.79 Å². The minimum atomic E-state index is -0.847. The van der Waals surface area contributed by atoms with Crippen molar-refractivity contribution in [2.24, 2.45) is 5.92 Å². The Morgan fingerprint density at radius 1 is 1.29 bits per heavy atom. The van der Waals surface area contributed by atoms with Gasteiger partial charge >= 0.3 is 5.97 Å². The highest BCUT2D eigenvalue weighted by atomic mass is 16.4. The van der Waals surface area contributed by atoms with Crippen LogP contribution >= 0.6 is 0 Å². The van der Waals surface area contributed by atoms with Crippen LogP contribution in [-0.4, -0.2) is 11.1 Å². The number of allylic oxidation sites excluding steroid dienone is 1. The van der Waals surface area contributed by atoms with Crippen LogP contribution in [0.4, 0.5) is 0 Å². The molecule has 0 bridgehead atoms. The fourth-order valence-electron chi connectivity index (χ4n) is 2.02. The zero-order valence-corrected chi connectivity index (χ0v) is 10.3. The number of hydrogen-bond acceptors (Lipinski definition) is 1. The molecule has 1 aliphatic carbocycles. The smallest absolute Gasteiger partial charge is 0.328 e. The highest BCUT2D eigenvalue weighted by molar-refractivity contribution is 5.91. The maximum Gasteiger partial charge on any atom is 0.328 e. The number of hydrogen-bond donors (Lipinski definition) is 1. The van der Waals surface area contributed by atoms with Gasteiger partial charge in [0.1, 0.15) is 0 Å². The lowest BCUT2D eigenvalue weighted by Gasteiger charge is -2.09. The monoisotopic (exact) mass is 230 g/mol. The van der Waals surface area contributed by atoms with Crippen LogP contribution in [0, 0.1) is 5.92 Å². The van der Waals surface area contributed by atoms with Gasteiger partial charge in [0.2, 0.25) is 0 Å². The molecule has 1 aromatic rings. The average Bonchev–Trinajstić information content (AvgIpc) is 3.09. The van der Waals surface area contributed by atoms with Crippen LogP contribution in [0.3, 0.4) is 0 Å². The maximum atomic E-state index is 10.8. The largest absolute Gasteiger partial charge is 0.478 e. The summed E-state index contributed by atoms with van der Waals surface area (Å²) in [6.07, 6.45) is 3.60. The summed E-state index contributed by atoms with van der Waals surface area (Å²) in [6, 6.07) is 8.28. The van der Waals surface area contributed by atoms with Gasteiger partial charge in [0, 0.05) is 6.08 Å². The van der Waals surface area contributed by atoms with Crippen molar-refractivity contribution < 1.29 is 9.90 Å². The van der Waals surface area contributed by atoms with E-state index in [0.717, 1.165) is 24.0 Å². The molecule has 1 aliphatic rings. The van der Waals surface area contributed by atoms with E-state index in [-0.39, 0.29) is 0 Å². The number of aliphatic carboxylic acids is 1. The van der Waals surface area contributed by atoms with Crippen molar-refractivity contribution in [2.45, 2.75) is 32.6 Å². The van der Waals surface area contributed by atoms with E-state index in [1.54, 1.807) is 0 Å². The average molecular weight is 230 g/mol. The van der Waals surface area contributed by atoms with Crippen molar-refractivity contribution in [2.75, 3.05) is 0 Å². The van der Waals surface area contributed by atoms with E-state index in [0.29, 0.717) is 11.8 Å². The van der Waals surface area contributed by atoms with Gasteiger partial charge in [-0.15, -0.1) is 0 Å². The first-order valence-electron chi connectivity index (χ1n) is 6.12. The molecule has 0 spiro atoms. The molecule has 0 aliphatic heterocycles. The molecule has 0 amide bonds. The van der Waals surface area contributed by atoms with Gasteiger partial charge in [-0.1, -0.05) is 38.1 Å². The summed E-state index contributed by atoms with van der Waals surface area (Å²) in [5.74, 6) is 0.118. The second kappa shape index (κ2) is 4.74. The summed E-state index contributed by atoms with van der Waals surface area (Å²) in [6.45, 7) is 4.31. The first kappa shape index (κ1) is 11.9. The molecule has 17 heavy (non-hydrogen) atoms. The minimum Gasteiger partial charge on any atom is -0.478 e. The number of carbonyl (C=O) groups is 1. The van der Waals surface area contributed by atoms with Crippen LogP contribution < -0.4 is 0 Å². The van der Waals surface area contributed by atoms with Crippen molar-refractivity contribution in [1.29, 1.82) is 0 Å². The van der Waals surface area contributed by atoms with E-state index >= 15 is 0 Å². The fraction of sp³-hybridized carbons (Fsp3) is 0.400. The van der Waals surface area contributed by atoms with Crippen LogP contribution in [0.1, 0.15) is 43.7 Å². The van der Waals surface area contributed by atoms with Crippen LogP contribution in [0.25, 0.3) is 5.57 Å². The first-order chi connectivity index (χ1) is 8.08. The Kier molecular flexibility index (Phi) is 3.32. The molecule has 2 heteroatoms. The summed E-state index contributed by atoms with van der Waals surface area (Å²) in [5.41, 5.74) is 3.33. The van der Waals surface area contributed by atoms with E-state index in [2.05, 4.69) is 26.0 Å². The Labute approximate surface area is 102 Å². The summed E-state index contributed by atoms with van der Waals surface area (Å²) in [7, 11) is 0. The first-order valence-corrected chi connectivity index (χ1v) is 6.12. The minimum absolute atomic E-state index is 0.455. The molecule has 1 saturated carbocycles. The quantitative estimate of drug-likeness (QED) is 0.801. The van der Waals surface area contributed by atoms with E-state index in [1.165, 1.54) is 11.6 Å². The van der Waals surface area contributed by atoms with Gasteiger partial charge in [0.05, 0.1) is 0 Å². The fourth-order valence-corrected chi connectivity index (χ4v) is 2.02. The molecule has 1 N–H and O–H groups in total. The molecule has 0 heterocycles. The lowest BCUT2D eigenvalue weighted by molar-refractivity contribution is -0.131. The molecule has 90 valence electrons. The van der Waals surface area contributed by atoms with Crippen LogP contribution in [0.2, 0.25) is 0 Å². The SMILES string of the molecule is CC(C)c1ccc(/C(=C/C(=O)O)C2CC2)cc1. The third kappa shape index (κ3) is 2.96. The molecule has 2 nitrogen and oxygen atoms in total. The summed E-state index contributed by atoms with van der Waals surface area (Å²) >= 11 is 0. The van der Waals surface area contributed by atoms with Gasteiger partial charge in [-0.3, -0.25) is 0 Å². The zero-order chi connectivity index (χ0) is 12.4. The zero-order valence-electron chi connectivity index (χ0n) is 10.3. The van der Waals surface area contributed by atoms with Crippen LogP contribution in [0.5, 0.6) is 0 Å². The number of carboxylic acids is 1. The second-order valence-electron chi connectivity index (χ2n) is 4.99. The Balaban J connectivity index is 2.27. The van der Waals surface area contributed by atoms with Crippen LogP contribution in [-0.2, 0) is 4.79 Å². The molecule has 1 aromatic carbocycles. The van der Waals surface area contributed by atoms with Gasteiger partial charge in [-0.25, -0.2) is 4.79 Å². The van der Waals surface area contributed by atoms with Gasteiger partial charge in [-0.2, -0.15) is 0 Å². The predicted octanol–water partition coefficient (Wildman–Crippen LogP) is 3.69. The molecule has 0 aromatic heterocycles. The third-order valence-corrected chi connectivity index (χ3v) is 3.21. The van der Waals surface area contributed by atoms with Gasteiger partial charge in [0.15, 0.2) is 0 Å². The lowest BCUT2D eigenvalue weighted by Crippen LogP contribution is -1.95. The standard InChI is InChI=1S/C15H18O2/c1-10(2)11-3-5-12(6-4-11)14(9-15(16)17)13-7-8-13/h3-6,9-10,13H,7-8H2,1-2H3,(H,16,17)/b14-9-. The third-order valence-electron chi connectivity index (χ3n) is 3.21. The molecule has 2 rings (SSSR count). The highest BCUT2D eigenvalue weighted by Gasteiger charge is 2.27. The van der Waals surface area contributed by atoms with Crippen molar-refractivity contribution in [1.82, 2.24) is 0 Å². The Morgan fingerprint density at radius 3 is 2.29 bits per heavy atom. The number of benzene rings is 1. The van der Waals surface area contributed by atoms with E-state index < -0.39 is 5.97 Å². The Morgan fingerprint density at radius 2 is 1.88 bits per heavy atom. The van der Waals surface area contributed by atoms with E-state index in [1.807, 2.05) is 12.1 Å². The molecule has 0 radical (unpaired) electrons. The maximum absolute atomic E-state index is 10.8. The van der Waals surface area contributed by atoms with Gasteiger partial charge in [0.25, 0.3) is 0 Å². The molecule has 0 unspecified atom stereocenters. The predicted molar refractivity (Wildman–Crippen MR) is 68.9 cm³/mol. The number of rotatable bonds is 4. The highest BCUT2D eigenvalue weighted by Crippen LogP contribution is 2.41. The van der Waals surface area contributed by atoms with Crippen LogP contribution in [0.15, 0.2) is 30.3 Å². The molecule has 1 fully saturated rings. The van der Waals surface area contributed by atoms with Crippen molar-refractivity contribution >= 4 is 11.5 Å². The van der Waals surface area contributed by atoms with Gasteiger partial charge < -0.3 is 5.11 Å². The van der Waals surface area contributed by atoms with Crippen molar-refractivity contribution in [3.05, 3.63) is 41.5 Å². The molecule has 0 atom stereocenters. The summed E-state index contributed by atoms with van der Waals surface area (Å²) in [4.78, 5) is 10.8. The Hall–Kier alpha value is -1.57. The molecular formula is C15H18O2. The van der Waals surface area contributed by atoms with Gasteiger partial charge in [-0.05, 0) is 41.4 Å². The summed E-state index contributed by atoms with van der Waals surface area (Å²) < 4.78 is 0. The second-order valence-corrected chi connectivity index (χ2v) is 4.99. The topological polar surface area (TPSA) is 37.3 Å². The lowest BCUT2D eigenvalue weighted by atomic mass is 9.96. The Bertz CT molecular complexity index is 436. The molecular weight excluding hydrogens is 212 g/mol. The van der Waals surface area contributed by atoms with E-state index in [4.69, 9.17) is 5.11 Å².